The van der Waals surface area contributed by atoms with Gasteiger partial charge < -0.3 is 15.2 Å². The monoisotopic (exact) mass is 285 g/mol. The fourth-order valence-corrected chi connectivity index (χ4v) is 2.75. The van der Waals surface area contributed by atoms with Gasteiger partial charge in [-0.15, -0.1) is 12.4 Å². The van der Waals surface area contributed by atoms with E-state index in [0.717, 1.165) is 17.1 Å². The fraction of sp³-hybridized carbons (Fsp3) is 0.600. The number of hydrogen-bond donors (Lipinski definition) is 1. The van der Waals surface area contributed by atoms with Crippen molar-refractivity contribution in [3.8, 4) is 11.5 Å². The summed E-state index contributed by atoms with van der Waals surface area (Å²) in [5.74, 6) is 2.19. The number of hydrogen-bond acceptors (Lipinski definition) is 3. The molecule has 0 bridgehead atoms. The molecule has 2 rings (SSSR count). The standard InChI is InChI=1S/C15H23NO2.ClH/c1-3-18-13-9-8-12(10-14(13)17-2)15(16)11-6-4-5-7-11;/h8-11,15H,3-7,16H2,1-2H3;1H/t15-;/m1./s1. The molecule has 1 aliphatic carbocycles. The summed E-state index contributed by atoms with van der Waals surface area (Å²) < 4.78 is 10.9. The molecule has 0 spiro atoms. The van der Waals surface area contributed by atoms with Crippen LogP contribution in [0.4, 0.5) is 0 Å². The summed E-state index contributed by atoms with van der Waals surface area (Å²) in [4.78, 5) is 0. The van der Waals surface area contributed by atoms with Crippen molar-refractivity contribution in [3.05, 3.63) is 23.8 Å². The lowest BCUT2D eigenvalue weighted by Crippen LogP contribution is -2.19. The van der Waals surface area contributed by atoms with E-state index in [1.807, 2.05) is 19.1 Å². The van der Waals surface area contributed by atoms with E-state index in [1.54, 1.807) is 7.11 Å². The molecule has 0 radical (unpaired) electrons. The number of halogens is 1. The van der Waals surface area contributed by atoms with Crippen LogP contribution in [0.3, 0.4) is 0 Å². The zero-order valence-electron chi connectivity index (χ0n) is 11.7. The van der Waals surface area contributed by atoms with Gasteiger partial charge in [0.15, 0.2) is 11.5 Å². The molecule has 1 aromatic rings. The highest BCUT2D eigenvalue weighted by Gasteiger charge is 2.23. The number of nitrogens with two attached hydrogens (primary N) is 1. The Bertz CT molecular complexity index is 392. The lowest BCUT2D eigenvalue weighted by molar-refractivity contribution is 0.310. The van der Waals surface area contributed by atoms with Crippen molar-refractivity contribution in [1.82, 2.24) is 0 Å². The van der Waals surface area contributed by atoms with Crippen molar-refractivity contribution in [1.29, 1.82) is 0 Å². The maximum atomic E-state index is 6.35. The van der Waals surface area contributed by atoms with Crippen molar-refractivity contribution < 1.29 is 9.47 Å². The summed E-state index contributed by atoms with van der Waals surface area (Å²) in [6.07, 6.45) is 5.12. The molecular formula is C15H24ClNO2. The average Bonchev–Trinajstić information content (AvgIpc) is 2.92. The Labute approximate surface area is 121 Å². The third kappa shape index (κ3) is 3.77. The zero-order valence-corrected chi connectivity index (χ0v) is 12.5. The van der Waals surface area contributed by atoms with Gasteiger partial charge in [-0.05, 0) is 43.4 Å². The molecule has 0 unspecified atom stereocenters. The predicted molar refractivity (Wildman–Crippen MR) is 80.3 cm³/mol. The maximum Gasteiger partial charge on any atom is 0.161 e. The average molecular weight is 286 g/mol. The van der Waals surface area contributed by atoms with Crippen molar-refractivity contribution in [2.45, 2.75) is 38.6 Å². The molecule has 19 heavy (non-hydrogen) atoms. The molecule has 2 N–H and O–H groups in total. The minimum atomic E-state index is 0. The molecule has 1 atom stereocenters. The van der Waals surface area contributed by atoms with Gasteiger partial charge in [-0.3, -0.25) is 0 Å². The van der Waals surface area contributed by atoms with E-state index >= 15 is 0 Å². The largest absolute Gasteiger partial charge is 0.493 e. The molecule has 1 saturated carbocycles. The lowest BCUT2D eigenvalue weighted by atomic mass is 9.92. The van der Waals surface area contributed by atoms with Crippen LogP contribution in [0.2, 0.25) is 0 Å². The van der Waals surface area contributed by atoms with Gasteiger partial charge in [-0.2, -0.15) is 0 Å². The Hall–Kier alpha value is -0.930. The van der Waals surface area contributed by atoms with E-state index in [1.165, 1.54) is 25.7 Å². The highest BCUT2D eigenvalue weighted by Crippen LogP contribution is 2.37. The van der Waals surface area contributed by atoms with Crippen LogP contribution >= 0.6 is 12.4 Å². The van der Waals surface area contributed by atoms with Crippen LogP contribution < -0.4 is 15.2 Å². The first-order valence-corrected chi connectivity index (χ1v) is 6.82. The van der Waals surface area contributed by atoms with Crippen molar-refractivity contribution >= 4 is 12.4 Å². The molecule has 3 nitrogen and oxygen atoms in total. The van der Waals surface area contributed by atoms with E-state index in [-0.39, 0.29) is 18.4 Å². The first kappa shape index (κ1) is 16.1. The Morgan fingerprint density at radius 2 is 1.95 bits per heavy atom. The van der Waals surface area contributed by atoms with Crippen LogP contribution in [-0.4, -0.2) is 13.7 Å². The summed E-state index contributed by atoms with van der Waals surface area (Å²) >= 11 is 0. The van der Waals surface area contributed by atoms with Gasteiger partial charge in [0, 0.05) is 6.04 Å². The van der Waals surface area contributed by atoms with Crippen LogP contribution in [0, 0.1) is 5.92 Å². The molecule has 0 heterocycles. The van der Waals surface area contributed by atoms with E-state index < -0.39 is 0 Å². The molecule has 0 saturated heterocycles. The summed E-state index contributed by atoms with van der Waals surface area (Å²) in [5, 5.41) is 0. The highest BCUT2D eigenvalue weighted by molar-refractivity contribution is 5.85. The summed E-state index contributed by atoms with van der Waals surface area (Å²) in [6.45, 7) is 2.61. The second-order valence-corrected chi connectivity index (χ2v) is 4.91. The highest BCUT2D eigenvalue weighted by atomic mass is 35.5. The molecule has 108 valence electrons. The summed E-state index contributed by atoms with van der Waals surface area (Å²) in [7, 11) is 1.67. The zero-order chi connectivity index (χ0) is 13.0. The molecule has 0 amide bonds. The number of benzene rings is 1. The van der Waals surface area contributed by atoms with Gasteiger partial charge in [-0.1, -0.05) is 18.9 Å². The topological polar surface area (TPSA) is 44.5 Å². The van der Waals surface area contributed by atoms with E-state index in [0.29, 0.717) is 12.5 Å². The minimum Gasteiger partial charge on any atom is -0.493 e. The first-order chi connectivity index (χ1) is 8.76. The SMILES string of the molecule is CCOc1ccc([C@H](N)C2CCCC2)cc1OC.Cl. The van der Waals surface area contributed by atoms with Gasteiger partial charge in [-0.25, -0.2) is 0 Å². The van der Waals surface area contributed by atoms with Gasteiger partial charge in [0.1, 0.15) is 0 Å². The Morgan fingerprint density at radius 3 is 2.53 bits per heavy atom. The third-order valence-corrected chi connectivity index (χ3v) is 3.78. The molecule has 1 fully saturated rings. The van der Waals surface area contributed by atoms with Crippen LogP contribution in [0.5, 0.6) is 11.5 Å². The second-order valence-electron chi connectivity index (χ2n) is 4.91. The van der Waals surface area contributed by atoms with Crippen LogP contribution in [0.25, 0.3) is 0 Å². The lowest BCUT2D eigenvalue weighted by Gasteiger charge is -2.20. The van der Waals surface area contributed by atoms with E-state index in [2.05, 4.69) is 6.07 Å². The Kier molecular flexibility index (Phi) is 6.46. The molecule has 1 aromatic carbocycles. The van der Waals surface area contributed by atoms with Crippen LogP contribution in [0.15, 0.2) is 18.2 Å². The van der Waals surface area contributed by atoms with Crippen molar-refractivity contribution in [2.24, 2.45) is 11.7 Å². The number of ether oxygens (including phenoxy) is 2. The van der Waals surface area contributed by atoms with Gasteiger partial charge in [0.2, 0.25) is 0 Å². The third-order valence-electron chi connectivity index (χ3n) is 3.78. The quantitative estimate of drug-likeness (QED) is 0.897. The molecule has 4 heteroatoms. The maximum absolute atomic E-state index is 6.35. The molecule has 1 aliphatic rings. The van der Waals surface area contributed by atoms with Gasteiger partial charge in [0.25, 0.3) is 0 Å². The van der Waals surface area contributed by atoms with Crippen molar-refractivity contribution in [2.75, 3.05) is 13.7 Å². The molecule has 0 aliphatic heterocycles. The predicted octanol–water partition coefficient (Wildman–Crippen LogP) is 3.71. The second kappa shape index (κ2) is 7.61. The van der Waals surface area contributed by atoms with Crippen molar-refractivity contribution in [3.63, 3.8) is 0 Å². The fourth-order valence-electron chi connectivity index (χ4n) is 2.75. The Balaban J connectivity index is 0.00000180. The van der Waals surface area contributed by atoms with E-state index in [4.69, 9.17) is 15.2 Å². The van der Waals surface area contributed by atoms with Gasteiger partial charge in [0.05, 0.1) is 13.7 Å². The van der Waals surface area contributed by atoms with Gasteiger partial charge >= 0.3 is 0 Å². The number of methoxy groups -OCH3 is 1. The molecular weight excluding hydrogens is 262 g/mol. The first-order valence-electron chi connectivity index (χ1n) is 6.82. The van der Waals surface area contributed by atoms with Crippen LogP contribution in [0.1, 0.15) is 44.2 Å². The van der Waals surface area contributed by atoms with Crippen LogP contribution in [-0.2, 0) is 0 Å². The smallest absolute Gasteiger partial charge is 0.161 e. The summed E-state index contributed by atoms with van der Waals surface area (Å²) in [6, 6.07) is 6.17. The van der Waals surface area contributed by atoms with E-state index in [9.17, 15) is 0 Å². The molecule has 0 aromatic heterocycles. The summed E-state index contributed by atoms with van der Waals surface area (Å²) in [5.41, 5.74) is 7.51. The Morgan fingerprint density at radius 1 is 1.26 bits per heavy atom. The normalized spacial score (nSPS) is 16.8. The minimum absolute atomic E-state index is 0. The number of rotatable bonds is 5.